The van der Waals surface area contributed by atoms with Crippen molar-refractivity contribution >= 4 is 11.9 Å². The smallest absolute Gasteiger partial charge is 0.332 e. The molecule has 16 heavy (non-hydrogen) atoms. The molecule has 0 heterocycles. The van der Waals surface area contributed by atoms with Crippen LogP contribution >= 0.6 is 0 Å². The van der Waals surface area contributed by atoms with Crippen LogP contribution in [0.15, 0.2) is 0 Å². The minimum Gasteiger partial charge on any atom is -0.464 e. The molecule has 0 aromatic carbocycles. The number of aliphatic hydroxyl groups is 1. The molecule has 0 aromatic heterocycles. The fraction of sp³-hybridized carbons (Fsp3) is 0.778. The fourth-order valence-corrected chi connectivity index (χ4v) is 0.971. The first kappa shape index (κ1) is 14.8. The quantitative estimate of drug-likeness (QED) is 0.347. The molecule has 0 saturated heterocycles. The Hall–Kier alpha value is -1.18. The van der Waals surface area contributed by atoms with Crippen molar-refractivity contribution in [2.24, 2.45) is 5.73 Å². The summed E-state index contributed by atoms with van der Waals surface area (Å²) in [5.41, 5.74) is 5.34. The molecule has 0 radical (unpaired) electrons. The van der Waals surface area contributed by atoms with Gasteiger partial charge in [-0.05, 0) is 6.92 Å². The normalized spacial score (nSPS) is 14.0. The van der Waals surface area contributed by atoms with Crippen molar-refractivity contribution in [1.82, 2.24) is 5.32 Å². The van der Waals surface area contributed by atoms with Gasteiger partial charge in [-0.1, -0.05) is 0 Å². The number of esters is 1. The van der Waals surface area contributed by atoms with E-state index in [1.165, 1.54) is 7.11 Å². The van der Waals surface area contributed by atoms with E-state index >= 15 is 0 Å². The lowest BCUT2D eigenvalue weighted by atomic mass is 10.2. The molecular formula is C9H18N2O5. The van der Waals surface area contributed by atoms with E-state index in [4.69, 9.17) is 15.6 Å². The van der Waals surface area contributed by atoms with Crippen molar-refractivity contribution in [2.75, 3.05) is 26.9 Å². The predicted octanol–water partition coefficient (Wildman–Crippen LogP) is -2.00. The van der Waals surface area contributed by atoms with E-state index in [1.54, 1.807) is 6.92 Å². The van der Waals surface area contributed by atoms with E-state index in [0.29, 0.717) is 0 Å². The van der Waals surface area contributed by atoms with Gasteiger partial charge in [0.2, 0.25) is 5.91 Å². The molecule has 2 atom stereocenters. The Kier molecular flexibility index (Phi) is 7.44. The average molecular weight is 234 g/mol. The van der Waals surface area contributed by atoms with Gasteiger partial charge in [-0.3, -0.25) is 4.79 Å². The summed E-state index contributed by atoms with van der Waals surface area (Å²) in [5.74, 6) is -1.50. The largest absolute Gasteiger partial charge is 0.464 e. The number of carbonyl (C=O) groups excluding carboxylic acids is 2. The number of hydrogen-bond donors (Lipinski definition) is 3. The van der Waals surface area contributed by atoms with Crippen molar-refractivity contribution in [3.63, 3.8) is 0 Å². The van der Waals surface area contributed by atoms with Gasteiger partial charge in [-0.25, -0.2) is 4.79 Å². The summed E-state index contributed by atoms with van der Waals surface area (Å²) in [7, 11) is 1.43. The first-order valence-corrected chi connectivity index (χ1v) is 4.89. The Morgan fingerprint density at radius 3 is 2.56 bits per heavy atom. The van der Waals surface area contributed by atoms with Crippen LogP contribution in [0.5, 0.6) is 0 Å². The topological polar surface area (TPSA) is 111 Å². The highest BCUT2D eigenvalue weighted by Crippen LogP contribution is 1.90. The molecule has 0 aliphatic carbocycles. The number of amides is 1. The first-order chi connectivity index (χ1) is 7.56. The van der Waals surface area contributed by atoms with Crippen LogP contribution in [-0.4, -0.2) is 56.0 Å². The van der Waals surface area contributed by atoms with E-state index in [-0.39, 0.29) is 19.8 Å². The van der Waals surface area contributed by atoms with Gasteiger partial charge >= 0.3 is 5.97 Å². The number of aliphatic hydroxyl groups excluding tert-OH is 1. The number of nitrogens with two attached hydrogens (primary N) is 1. The Labute approximate surface area is 93.9 Å². The van der Waals surface area contributed by atoms with Crippen LogP contribution in [0.1, 0.15) is 6.92 Å². The third-order valence-corrected chi connectivity index (χ3v) is 1.76. The Morgan fingerprint density at radius 2 is 2.12 bits per heavy atom. The summed E-state index contributed by atoms with van der Waals surface area (Å²) in [5, 5.41) is 11.2. The second-order valence-corrected chi connectivity index (χ2v) is 3.07. The summed E-state index contributed by atoms with van der Waals surface area (Å²) in [6, 6.07) is -1.97. The monoisotopic (exact) mass is 234 g/mol. The van der Waals surface area contributed by atoms with Crippen LogP contribution in [0.25, 0.3) is 0 Å². The van der Waals surface area contributed by atoms with Crippen molar-refractivity contribution in [3.8, 4) is 0 Å². The number of hydrogen-bond acceptors (Lipinski definition) is 6. The van der Waals surface area contributed by atoms with Gasteiger partial charge in [-0.15, -0.1) is 0 Å². The molecule has 0 bridgehead atoms. The SMILES string of the molecule is CCOC(=O)C(N)C(=O)NC(CO)COC. The average Bonchev–Trinajstić information content (AvgIpc) is 2.27. The Morgan fingerprint density at radius 1 is 1.50 bits per heavy atom. The maximum Gasteiger partial charge on any atom is 0.332 e. The summed E-state index contributed by atoms with van der Waals surface area (Å²) >= 11 is 0. The highest BCUT2D eigenvalue weighted by Gasteiger charge is 2.25. The van der Waals surface area contributed by atoms with Crippen LogP contribution in [0.4, 0.5) is 0 Å². The van der Waals surface area contributed by atoms with Crippen molar-refractivity contribution < 1.29 is 24.2 Å². The van der Waals surface area contributed by atoms with Crippen LogP contribution in [0.2, 0.25) is 0 Å². The molecule has 0 spiro atoms. The van der Waals surface area contributed by atoms with Gasteiger partial charge in [0.15, 0.2) is 6.04 Å². The van der Waals surface area contributed by atoms with E-state index in [2.05, 4.69) is 10.1 Å². The highest BCUT2D eigenvalue weighted by atomic mass is 16.5. The molecule has 0 aromatic rings. The molecule has 1 amide bonds. The minimum absolute atomic E-state index is 0.137. The summed E-state index contributed by atoms with van der Waals surface area (Å²) in [4.78, 5) is 22.5. The van der Waals surface area contributed by atoms with Crippen LogP contribution in [0.3, 0.4) is 0 Å². The van der Waals surface area contributed by atoms with Crippen molar-refractivity contribution in [1.29, 1.82) is 0 Å². The molecule has 0 saturated carbocycles. The van der Waals surface area contributed by atoms with E-state index in [0.717, 1.165) is 0 Å². The third-order valence-electron chi connectivity index (χ3n) is 1.76. The zero-order valence-electron chi connectivity index (χ0n) is 9.43. The minimum atomic E-state index is -1.38. The molecule has 0 aliphatic rings. The van der Waals surface area contributed by atoms with E-state index in [9.17, 15) is 9.59 Å². The Balaban J connectivity index is 4.17. The zero-order valence-corrected chi connectivity index (χ0v) is 9.43. The van der Waals surface area contributed by atoms with Gasteiger partial charge in [0.25, 0.3) is 0 Å². The fourth-order valence-electron chi connectivity index (χ4n) is 0.971. The zero-order chi connectivity index (χ0) is 12.6. The number of ether oxygens (including phenoxy) is 2. The lowest BCUT2D eigenvalue weighted by Gasteiger charge is -2.17. The van der Waals surface area contributed by atoms with Gasteiger partial charge in [0.05, 0.1) is 25.9 Å². The maximum atomic E-state index is 11.4. The maximum absolute atomic E-state index is 11.4. The number of rotatable bonds is 7. The van der Waals surface area contributed by atoms with E-state index in [1.807, 2.05) is 0 Å². The molecule has 7 heteroatoms. The number of carbonyl (C=O) groups is 2. The standard InChI is InChI=1S/C9H18N2O5/c1-3-16-9(14)7(10)8(13)11-6(4-12)5-15-2/h6-7,12H,3-5,10H2,1-2H3,(H,11,13). The second kappa shape index (κ2) is 8.03. The molecule has 2 unspecified atom stereocenters. The van der Waals surface area contributed by atoms with Crippen molar-refractivity contribution in [2.45, 2.75) is 19.0 Å². The Bertz CT molecular complexity index is 234. The molecule has 0 fully saturated rings. The van der Waals surface area contributed by atoms with Gasteiger partial charge in [0.1, 0.15) is 0 Å². The van der Waals surface area contributed by atoms with Crippen molar-refractivity contribution in [3.05, 3.63) is 0 Å². The predicted molar refractivity (Wildman–Crippen MR) is 55.5 cm³/mol. The summed E-state index contributed by atoms with van der Waals surface area (Å²) in [6.45, 7) is 1.61. The van der Waals surface area contributed by atoms with Gasteiger partial charge in [0, 0.05) is 7.11 Å². The molecule has 4 N–H and O–H groups in total. The van der Waals surface area contributed by atoms with Crippen LogP contribution < -0.4 is 11.1 Å². The third kappa shape index (κ3) is 5.06. The van der Waals surface area contributed by atoms with Gasteiger partial charge < -0.3 is 25.6 Å². The molecular weight excluding hydrogens is 216 g/mol. The molecule has 7 nitrogen and oxygen atoms in total. The second-order valence-electron chi connectivity index (χ2n) is 3.07. The summed E-state index contributed by atoms with van der Waals surface area (Å²) < 4.78 is 9.33. The molecule has 0 aliphatic heterocycles. The molecule has 94 valence electrons. The van der Waals surface area contributed by atoms with Gasteiger partial charge in [-0.2, -0.15) is 0 Å². The first-order valence-electron chi connectivity index (χ1n) is 4.89. The lowest BCUT2D eigenvalue weighted by molar-refractivity contribution is -0.148. The lowest BCUT2D eigenvalue weighted by Crippen LogP contribution is -2.52. The van der Waals surface area contributed by atoms with E-state index < -0.39 is 24.0 Å². The summed E-state index contributed by atoms with van der Waals surface area (Å²) in [6.07, 6.45) is 0. The van der Waals surface area contributed by atoms with Crippen LogP contribution in [-0.2, 0) is 19.1 Å². The van der Waals surface area contributed by atoms with Crippen LogP contribution in [0, 0.1) is 0 Å². The highest BCUT2D eigenvalue weighted by molar-refractivity contribution is 6.01. The number of methoxy groups -OCH3 is 1. The molecule has 0 rings (SSSR count). The number of nitrogens with one attached hydrogen (secondary N) is 1.